The maximum absolute atomic E-state index is 11.2. The van der Waals surface area contributed by atoms with Gasteiger partial charge in [-0.2, -0.15) is 0 Å². The summed E-state index contributed by atoms with van der Waals surface area (Å²) in [5, 5.41) is 9.85. The SMILES string of the molecule is NC(=O)CN(CCN1CCN(c2cccc(-c3ccc(Cl)cc3)n2)CC1)C(=O)O. The van der Waals surface area contributed by atoms with Gasteiger partial charge in [0.25, 0.3) is 0 Å². The average Bonchev–Trinajstić information content (AvgIpc) is 2.72. The minimum absolute atomic E-state index is 0.253. The predicted octanol–water partition coefficient (Wildman–Crippen LogP) is 1.99. The van der Waals surface area contributed by atoms with Gasteiger partial charge in [-0.15, -0.1) is 0 Å². The molecule has 8 nitrogen and oxygen atoms in total. The van der Waals surface area contributed by atoms with Gasteiger partial charge in [-0.1, -0.05) is 29.8 Å². The van der Waals surface area contributed by atoms with Crippen LogP contribution in [0, 0.1) is 0 Å². The Morgan fingerprint density at radius 3 is 2.41 bits per heavy atom. The van der Waals surface area contributed by atoms with Crippen LogP contribution in [0.1, 0.15) is 0 Å². The lowest BCUT2D eigenvalue weighted by atomic mass is 10.1. The van der Waals surface area contributed by atoms with Gasteiger partial charge in [-0.25, -0.2) is 9.78 Å². The van der Waals surface area contributed by atoms with Crippen LogP contribution in [0.15, 0.2) is 42.5 Å². The molecule has 1 aliphatic rings. The lowest BCUT2D eigenvalue weighted by molar-refractivity contribution is -0.118. The van der Waals surface area contributed by atoms with Gasteiger partial charge in [0.2, 0.25) is 5.91 Å². The average molecular weight is 418 g/mol. The molecule has 3 rings (SSSR count). The van der Waals surface area contributed by atoms with Gasteiger partial charge in [0.1, 0.15) is 12.4 Å². The zero-order valence-corrected chi connectivity index (χ0v) is 16.8. The summed E-state index contributed by atoms with van der Waals surface area (Å²) in [7, 11) is 0. The molecular weight excluding hydrogens is 394 g/mol. The summed E-state index contributed by atoms with van der Waals surface area (Å²) in [4.78, 5) is 32.4. The van der Waals surface area contributed by atoms with E-state index < -0.39 is 12.0 Å². The zero-order valence-electron chi connectivity index (χ0n) is 16.0. The molecule has 2 aromatic rings. The minimum Gasteiger partial charge on any atom is -0.465 e. The Morgan fingerprint density at radius 1 is 1.10 bits per heavy atom. The zero-order chi connectivity index (χ0) is 20.8. The van der Waals surface area contributed by atoms with Crippen LogP contribution >= 0.6 is 11.6 Å². The fourth-order valence-electron chi connectivity index (χ4n) is 3.27. The van der Waals surface area contributed by atoms with Crippen molar-refractivity contribution in [3.05, 3.63) is 47.5 Å². The van der Waals surface area contributed by atoms with E-state index in [1.807, 2.05) is 42.5 Å². The Kier molecular flexibility index (Phi) is 6.90. The molecule has 0 saturated carbocycles. The third-order valence-electron chi connectivity index (χ3n) is 4.87. The number of nitrogens with two attached hydrogens (primary N) is 1. The van der Waals surface area contributed by atoms with Crippen molar-refractivity contribution >= 4 is 29.4 Å². The Labute approximate surface area is 174 Å². The molecule has 1 aromatic heterocycles. The molecule has 2 heterocycles. The number of halogens is 1. The molecule has 154 valence electrons. The molecule has 1 fully saturated rings. The topological polar surface area (TPSA) is 103 Å². The number of aromatic nitrogens is 1. The Bertz CT molecular complexity index is 853. The van der Waals surface area contributed by atoms with E-state index in [-0.39, 0.29) is 13.1 Å². The highest BCUT2D eigenvalue weighted by atomic mass is 35.5. The van der Waals surface area contributed by atoms with Crippen LogP contribution in [0.25, 0.3) is 11.3 Å². The Balaban J connectivity index is 1.55. The number of carbonyl (C=O) groups excluding carboxylic acids is 1. The molecule has 29 heavy (non-hydrogen) atoms. The Hall–Kier alpha value is -2.84. The number of carboxylic acid groups (broad SMARTS) is 1. The quantitative estimate of drug-likeness (QED) is 0.714. The number of piperazine rings is 1. The van der Waals surface area contributed by atoms with Gasteiger partial charge >= 0.3 is 6.09 Å². The molecule has 3 N–H and O–H groups in total. The van der Waals surface area contributed by atoms with Crippen LogP contribution in [0.3, 0.4) is 0 Å². The summed E-state index contributed by atoms with van der Waals surface area (Å²) < 4.78 is 0. The second-order valence-corrected chi connectivity index (χ2v) is 7.32. The van der Waals surface area contributed by atoms with Crippen LogP contribution in [0.4, 0.5) is 10.6 Å². The molecule has 9 heteroatoms. The van der Waals surface area contributed by atoms with E-state index in [4.69, 9.17) is 27.4 Å². The number of benzene rings is 1. The van der Waals surface area contributed by atoms with E-state index in [1.165, 1.54) is 0 Å². The fourth-order valence-corrected chi connectivity index (χ4v) is 3.40. The lowest BCUT2D eigenvalue weighted by Gasteiger charge is -2.36. The summed E-state index contributed by atoms with van der Waals surface area (Å²) in [5.74, 6) is 0.266. The van der Waals surface area contributed by atoms with Crippen LogP contribution in [-0.2, 0) is 4.79 Å². The first kappa shape index (κ1) is 20.9. The van der Waals surface area contributed by atoms with Gasteiger partial charge in [0.05, 0.1) is 5.69 Å². The third-order valence-corrected chi connectivity index (χ3v) is 5.13. The first-order chi connectivity index (χ1) is 13.9. The lowest BCUT2D eigenvalue weighted by Crippen LogP contribution is -2.49. The number of rotatable bonds is 7. The highest BCUT2D eigenvalue weighted by molar-refractivity contribution is 6.30. The second kappa shape index (κ2) is 9.58. The van der Waals surface area contributed by atoms with Crippen LogP contribution in [0.2, 0.25) is 5.02 Å². The molecule has 0 bridgehead atoms. The van der Waals surface area contributed by atoms with E-state index >= 15 is 0 Å². The van der Waals surface area contributed by atoms with Crippen molar-refractivity contribution in [3.63, 3.8) is 0 Å². The van der Waals surface area contributed by atoms with Crippen molar-refractivity contribution in [2.24, 2.45) is 5.73 Å². The summed E-state index contributed by atoms with van der Waals surface area (Å²) >= 11 is 5.96. The minimum atomic E-state index is -1.13. The third kappa shape index (κ3) is 5.82. The predicted molar refractivity (Wildman–Crippen MR) is 112 cm³/mol. The van der Waals surface area contributed by atoms with Crippen LogP contribution in [-0.4, -0.2) is 77.7 Å². The van der Waals surface area contributed by atoms with Crippen molar-refractivity contribution < 1.29 is 14.7 Å². The number of anilines is 1. The first-order valence-corrected chi connectivity index (χ1v) is 9.76. The van der Waals surface area contributed by atoms with Gasteiger partial charge < -0.3 is 15.7 Å². The molecule has 1 saturated heterocycles. The highest BCUT2D eigenvalue weighted by Gasteiger charge is 2.21. The second-order valence-electron chi connectivity index (χ2n) is 6.89. The molecule has 0 radical (unpaired) electrons. The van der Waals surface area contributed by atoms with Crippen LogP contribution < -0.4 is 10.6 Å². The van der Waals surface area contributed by atoms with Gasteiger partial charge in [0, 0.05) is 49.9 Å². The van der Waals surface area contributed by atoms with Gasteiger partial charge in [-0.05, 0) is 24.3 Å². The summed E-state index contributed by atoms with van der Waals surface area (Å²) in [6.45, 7) is 3.69. The van der Waals surface area contributed by atoms with E-state index in [9.17, 15) is 9.59 Å². The van der Waals surface area contributed by atoms with E-state index in [0.29, 0.717) is 11.6 Å². The highest BCUT2D eigenvalue weighted by Crippen LogP contribution is 2.23. The molecule has 0 spiro atoms. The number of hydrogen-bond acceptors (Lipinski definition) is 5. The largest absolute Gasteiger partial charge is 0.465 e. The van der Waals surface area contributed by atoms with Crippen molar-refractivity contribution in [2.75, 3.05) is 50.7 Å². The normalized spacial score (nSPS) is 14.6. The number of amides is 2. The molecule has 0 aliphatic carbocycles. The van der Waals surface area contributed by atoms with Crippen molar-refractivity contribution in [1.82, 2.24) is 14.8 Å². The van der Waals surface area contributed by atoms with Crippen molar-refractivity contribution in [2.45, 2.75) is 0 Å². The van der Waals surface area contributed by atoms with Gasteiger partial charge in [0.15, 0.2) is 0 Å². The molecule has 1 aliphatic heterocycles. The summed E-state index contributed by atoms with van der Waals surface area (Å²) in [6, 6.07) is 13.6. The van der Waals surface area contributed by atoms with E-state index in [2.05, 4.69) is 9.80 Å². The first-order valence-electron chi connectivity index (χ1n) is 9.39. The molecule has 0 atom stereocenters. The number of hydrogen-bond donors (Lipinski definition) is 2. The molecule has 1 aromatic carbocycles. The van der Waals surface area contributed by atoms with Gasteiger partial charge in [-0.3, -0.25) is 14.6 Å². The smallest absolute Gasteiger partial charge is 0.407 e. The number of nitrogens with zero attached hydrogens (tertiary/aromatic N) is 4. The fraction of sp³-hybridized carbons (Fsp3) is 0.350. The molecule has 2 amide bonds. The maximum atomic E-state index is 11.2. The standard InChI is InChI=1S/C20H24ClN5O3/c21-16-6-4-15(5-7-16)17-2-1-3-19(23-17)25-11-8-24(9-12-25)10-13-26(20(28)29)14-18(22)27/h1-7H,8-14H2,(H2,22,27)(H,28,29). The van der Waals surface area contributed by atoms with Crippen molar-refractivity contribution in [3.8, 4) is 11.3 Å². The number of pyridine rings is 1. The molecular formula is C20H24ClN5O3. The monoisotopic (exact) mass is 417 g/mol. The maximum Gasteiger partial charge on any atom is 0.407 e. The Morgan fingerprint density at radius 2 is 1.79 bits per heavy atom. The van der Waals surface area contributed by atoms with Crippen molar-refractivity contribution in [1.29, 1.82) is 0 Å². The van der Waals surface area contributed by atoms with E-state index in [1.54, 1.807) is 0 Å². The summed E-state index contributed by atoms with van der Waals surface area (Å²) in [5.41, 5.74) is 7.01. The molecule has 0 unspecified atom stereocenters. The number of carbonyl (C=O) groups is 2. The van der Waals surface area contributed by atoms with Crippen LogP contribution in [0.5, 0.6) is 0 Å². The summed E-state index contributed by atoms with van der Waals surface area (Å²) in [6.07, 6.45) is -1.13. The van der Waals surface area contributed by atoms with E-state index in [0.717, 1.165) is 48.2 Å². The number of primary amides is 1.